The van der Waals surface area contributed by atoms with Crippen molar-refractivity contribution in [1.82, 2.24) is 15.2 Å². The molecule has 232 valence electrons. The van der Waals surface area contributed by atoms with Gasteiger partial charge in [-0.3, -0.25) is 9.59 Å². The van der Waals surface area contributed by atoms with Crippen LogP contribution < -0.4 is 5.32 Å². The molecular formula is C26H27Cl2F6N3O4S. The van der Waals surface area contributed by atoms with Crippen molar-refractivity contribution in [2.24, 2.45) is 0 Å². The molecule has 0 aliphatic carbocycles. The van der Waals surface area contributed by atoms with E-state index in [9.17, 15) is 46.1 Å². The maximum absolute atomic E-state index is 13.8. The number of alkyl halides is 6. The zero-order valence-electron chi connectivity index (χ0n) is 22.5. The molecule has 0 radical (unpaired) electrons. The van der Waals surface area contributed by atoms with Gasteiger partial charge in [-0.05, 0) is 52.0 Å². The molecule has 2 fully saturated rings. The molecule has 42 heavy (non-hydrogen) atoms. The van der Waals surface area contributed by atoms with Crippen molar-refractivity contribution < 1.29 is 46.1 Å². The van der Waals surface area contributed by atoms with E-state index >= 15 is 0 Å². The number of hydrogen-bond acceptors (Lipinski definition) is 6. The number of aliphatic hydroxyl groups is 2. The highest BCUT2D eigenvalue weighted by molar-refractivity contribution is 7.17. The number of hydrogen-bond donors (Lipinski definition) is 3. The van der Waals surface area contributed by atoms with E-state index in [1.807, 2.05) is 0 Å². The van der Waals surface area contributed by atoms with E-state index in [0.717, 1.165) is 31.7 Å². The van der Waals surface area contributed by atoms with E-state index < -0.39 is 56.9 Å². The van der Waals surface area contributed by atoms with Crippen LogP contribution >= 0.6 is 34.5 Å². The molecule has 2 aliphatic rings. The van der Waals surface area contributed by atoms with E-state index in [4.69, 9.17) is 23.2 Å². The number of rotatable bonds is 7. The first-order valence-corrected chi connectivity index (χ1v) is 14.4. The summed E-state index contributed by atoms with van der Waals surface area (Å²) in [5.74, 6) is -1.40. The zero-order valence-corrected chi connectivity index (χ0v) is 24.8. The largest absolute Gasteiger partial charge is 0.406 e. The topological polar surface area (TPSA) is 103 Å². The Morgan fingerprint density at radius 3 is 2.02 bits per heavy atom. The van der Waals surface area contributed by atoms with Crippen LogP contribution in [0.25, 0.3) is 10.4 Å². The SMILES string of the molecule is CC(C)(O)C(O)CNC(=O)c1nc(C(=O)N2C3CCC2CC3)c(-c2ccc(C(C)(C(F)(F)F)C(F)(F)F)c(Cl)c2Cl)s1. The maximum atomic E-state index is 13.8. The third-order valence-corrected chi connectivity index (χ3v) is 9.95. The number of nitrogens with one attached hydrogen (secondary N) is 1. The van der Waals surface area contributed by atoms with Crippen LogP contribution in [0.15, 0.2) is 12.1 Å². The second-order valence-electron chi connectivity index (χ2n) is 11.2. The van der Waals surface area contributed by atoms with Gasteiger partial charge in [-0.15, -0.1) is 11.3 Å². The number of halogens is 8. The van der Waals surface area contributed by atoms with Crippen molar-refractivity contribution in [3.63, 3.8) is 0 Å². The second-order valence-corrected chi connectivity index (χ2v) is 12.9. The summed E-state index contributed by atoms with van der Waals surface area (Å²) in [5.41, 5.74) is -7.67. The number of thiazole rings is 1. The highest BCUT2D eigenvalue weighted by Crippen LogP contribution is 2.55. The van der Waals surface area contributed by atoms with Crippen LogP contribution in [-0.4, -0.2) is 74.6 Å². The third-order valence-electron chi connectivity index (χ3n) is 7.98. The average Bonchev–Trinajstić information content (AvgIpc) is 3.60. The number of nitrogens with zero attached hydrogens (tertiary/aromatic N) is 2. The van der Waals surface area contributed by atoms with E-state index in [1.54, 1.807) is 4.90 Å². The smallest absolute Gasteiger partial charge is 0.388 e. The van der Waals surface area contributed by atoms with Gasteiger partial charge in [0, 0.05) is 24.2 Å². The molecule has 2 bridgehead atoms. The highest BCUT2D eigenvalue weighted by Gasteiger charge is 2.69. The quantitative estimate of drug-likeness (QED) is 0.310. The molecule has 1 aromatic heterocycles. The Kier molecular flexibility index (Phi) is 8.66. The van der Waals surface area contributed by atoms with Gasteiger partial charge in [0.15, 0.2) is 10.4 Å². The molecule has 1 unspecified atom stereocenters. The van der Waals surface area contributed by atoms with E-state index in [0.29, 0.717) is 17.4 Å². The normalized spacial score (nSPS) is 20.3. The number of aromatic nitrogens is 1. The summed E-state index contributed by atoms with van der Waals surface area (Å²) in [7, 11) is 0. The van der Waals surface area contributed by atoms with Gasteiger partial charge in [-0.2, -0.15) is 26.3 Å². The van der Waals surface area contributed by atoms with Gasteiger partial charge < -0.3 is 20.4 Å². The van der Waals surface area contributed by atoms with Crippen LogP contribution in [0.1, 0.15) is 72.3 Å². The summed E-state index contributed by atoms with van der Waals surface area (Å²) < 4.78 is 82.7. The van der Waals surface area contributed by atoms with Crippen molar-refractivity contribution in [2.45, 2.75) is 88.0 Å². The van der Waals surface area contributed by atoms with Gasteiger partial charge in [0.25, 0.3) is 11.8 Å². The van der Waals surface area contributed by atoms with Crippen molar-refractivity contribution >= 4 is 46.4 Å². The Hall–Kier alpha value is -2.13. The maximum Gasteiger partial charge on any atom is 0.406 e. The summed E-state index contributed by atoms with van der Waals surface area (Å²) >= 11 is 13.0. The molecule has 7 nitrogen and oxygen atoms in total. The summed E-state index contributed by atoms with van der Waals surface area (Å²) in [4.78, 5) is 32.4. The molecule has 2 saturated heterocycles. The fourth-order valence-corrected chi connectivity index (χ4v) is 6.88. The molecule has 0 saturated carbocycles. The van der Waals surface area contributed by atoms with Crippen LogP contribution in [0.4, 0.5) is 26.3 Å². The van der Waals surface area contributed by atoms with Gasteiger partial charge in [-0.25, -0.2) is 4.98 Å². The minimum absolute atomic E-state index is 0.0421. The molecule has 3 heterocycles. The van der Waals surface area contributed by atoms with Crippen LogP contribution in [0.5, 0.6) is 0 Å². The summed E-state index contributed by atoms with van der Waals surface area (Å²) in [6.07, 6.45) is -9.89. The van der Waals surface area contributed by atoms with Gasteiger partial charge in [-0.1, -0.05) is 35.3 Å². The molecule has 4 rings (SSSR count). The molecule has 2 amide bonds. The molecule has 16 heteroatoms. The van der Waals surface area contributed by atoms with Crippen molar-refractivity contribution in [2.75, 3.05) is 6.54 Å². The predicted molar refractivity (Wildman–Crippen MR) is 144 cm³/mol. The second kappa shape index (κ2) is 11.1. The Labute approximate surface area is 250 Å². The van der Waals surface area contributed by atoms with Crippen molar-refractivity contribution in [1.29, 1.82) is 0 Å². The Morgan fingerprint density at radius 1 is 1.02 bits per heavy atom. The summed E-state index contributed by atoms with van der Waals surface area (Å²) in [6, 6.07) is 1.30. The first kappa shape index (κ1) is 32.8. The lowest BCUT2D eigenvalue weighted by Gasteiger charge is -2.35. The number of carbonyl (C=O) groups is 2. The van der Waals surface area contributed by atoms with Crippen LogP contribution in [0, 0.1) is 0 Å². The fourth-order valence-electron chi connectivity index (χ4n) is 5.20. The Morgan fingerprint density at radius 2 is 1.55 bits per heavy atom. The number of aliphatic hydroxyl groups excluding tert-OH is 1. The lowest BCUT2D eigenvalue weighted by atomic mass is 9.80. The van der Waals surface area contributed by atoms with Gasteiger partial charge in [0.1, 0.15) is 5.69 Å². The molecule has 2 aromatic rings. The van der Waals surface area contributed by atoms with Crippen LogP contribution in [-0.2, 0) is 5.41 Å². The number of amides is 2. The zero-order chi connectivity index (χ0) is 31.6. The Bertz CT molecular complexity index is 1360. The minimum Gasteiger partial charge on any atom is -0.388 e. The molecule has 1 aromatic carbocycles. The Balaban J connectivity index is 1.81. The minimum atomic E-state index is -5.78. The average molecular weight is 662 g/mol. The van der Waals surface area contributed by atoms with Crippen LogP contribution in [0.2, 0.25) is 10.0 Å². The van der Waals surface area contributed by atoms with E-state index in [1.165, 1.54) is 13.8 Å². The van der Waals surface area contributed by atoms with Gasteiger partial charge in [0.05, 0.1) is 26.6 Å². The fraction of sp³-hybridized carbons (Fsp3) is 0.577. The van der Waals surface area contributed by atoms with Crippen molar-refractivity contribution in [3.8, 4) is 10.4 Å². The number of benzene rings is 1. The molecule has 2 aliphatic heterocycles. The predicted octanol–water partition coefficient (Wildman–Crippen LogP) is 6.13. The monoisotopic (exact) mass is 661 g/mol. The molecule has 1 atom stereocenters. The standard InChI is InChI=1S/C26H27Cl2F6N3O4S/c1-23(2,41)15(38)10-35-20(39)21-36-18(22(40)37-11-4-5-12(37)7-6-11)19(42-21)13-8-9-14(17(28)16(13)27)24(3,25(29,30)31)26(32,33)34/h8-9,11-12,15,38,41H,4-7,10H2,1-3H3,(H,35,39). The van der Waals surface area contributed by atoms with E-state index in [-0.39, 0.29) is 46.7 Å². The molecule has 3 N–H and O–H groups in total. The number of carbonyl (C=O) groups excluding carboxylic acids is 2. The van der Waals surface area contributed by atoms with E-state index in [2.05, 4.69) is 10.3 Å². The van der Waals surface area contributed by atoms with Gasteiger partial charge in [0.2, 0.25) is 0 Å². The lowest BCUT2D eigenvalue weighted by Crippen LogP contribution is -2.51. The number of fused-ring (bicyclic) bond motifs is 2. The molecular weight excluding hydrogens is 635 g/mol. The first-order valence-electron chi connectivity index (χ1n) is 12.8. The van der Waals surface area contributed by atoms with Gasteiger partial charge >= 0.3 is 12.4 Å². The lowest BCUT2D eigenvalue weighted by molar-refractivity contribution is -0.297. The summed E-state index contributed by atoms with van der Waals surface area (Å²) in [6.45, 7) is 2.22. The van der Waals surface area contributed by atoms with Crippen molar-refractivity contribution in [3.05, 3.63) is 38.4 Å². The van der Waals surface area contributed by atoms with Crippen LogP contribution in [0.3, 0.4) is 0 Å². The molecule has 0 spiro atoms. The highest BCUT2D eigenvalue weighted by atomic mass is 35.5. The first-order chi connectivity index (χ1) is 19.2. The summed E-state index contributed by atoms with van der Waals surface area (Å²) in [5, 5.41) is 20.4. The third kappa shape index (κ3) is 5.60.